The lowest BCUT2D eigenvalue weighted by atomic mass is 9.97. The standard InChI is InChI=1S/C20H19ClN2O3S2/c1-11(19(25)26-10-12-6-2-4-8-14(12)21)27-20-22-17(24)16-13-7-3-5-9-15(13)28-18(16)23-20/h2,4,6,8,11H,3,5,7,9-10H2,1H3,(H,22,23,24). The van der Waals surface area contributed by atoms with Gasteiger partial charge < -0.3 is 9.72 Å². The summed E-state index contributed by atoms with van der Waals surface area (Å²) in [5.41, 5.74) is 1.79. The van der Waals surface area contributed by atoms with Crippen molar-refractivity contribution in [3.63, 3.8) is 0 Å². The van der Waals surface area contributed by atoms with Crippen molar-refractivity contribution >= 4 is 50.9 Å². The normalized spacial score (nSPS) is 14.6. The van der Waals surface area contributed by atoms with Crippen LogP contribution in [0.15, 0.2) is 34.2 Å². The Morgan fingerprint density at radius 2 is 2.14 bits per heavy atom. The van der Waals surface area contributed by atoms with Gasteiger partial charge in [-0.05, 0) is 44.2 Å². The fourth-order valence-corrected chi connectivity index (χ4v) is 5.60. The number of esters is 1. The highest BCUT2D eigenvalue weighted by Gasteiger charge is 2.22. The maximum atomic E-state index is 12.6. The Balaban J connectivity index is 1.47. The zero-order valence-corrected chi connectivity index (χ0v) is 17.7. The molecule has 1 aliphatic rings. The average molecular weight is 435 g/mol. The lowest BCUT2D eigenvalue weighted by Crippen LogP contribution is -2.18. The lowest BCUT2D eigenvalue weighted by molar-refractivity contribution is -0.143. The van der Waals surface area contributed by atoms with Crippen LogP contribution in [0.5, 0.6) is 0 Å². The first kappa shape index (κ1) is 19.5. The van der Waals surface area contributed by atoms with Gasteiger partial charge in [-0.25, -0.2) is 4.98 Å². The van der Waals surface area contributed by atoms with Crippen molar-refractivity contribution in [3.8, 4) is 0 Å². The van der Waals surface area contributed by atoms with Crippen molar-refractivity contribution in [1.29, 1.82) is 0 Å². The number of nitrogens with zero attached hydrogens (tertiary/aromatic N) is 1. The molecule has 0 amide bonds. The van der Waals surface area contributed by atoms with E-state index in [1.54, 1.807) is 24.3 Å². The first-order valence-electron chi connectivity index (χ1n) is 9.14. The predicted octanol–water partition coefficient (Wildman–Crippen LogP) is 4.74. The number of thioether (sulfide) groups is 1. The number of H-pyrrole nitrogens is 1. The molecule has 1 N–H and O–H groups in total. The molecule has 0 saturated carbocycles. The number of rotatable bonds is 5. The van der Waals surface area contributed by atoms with Crippen molar-refractivity contribution in [2.45, 2.75) is 49.6 Å². The number of aromatic nitrogens is 2. The molecule has 146 valence electrons. The summed E-state index contributed by atoms with van der Waals surface area (Å²) in [5, 5.41) is 1.22. The summed E-state index contributed by atoms with van der Waals surface area (Å²) in [4.78, 5) is 34.4. The van der Waals surface area contributed by atoms with Gasteiger partial charge in [0.05, 0.1) is 5.39 Å². The van der Waals surface area contributed by atoms with Gasteiger partial charge in [0.15, 0.2) is 5.16 Å². The molecule has 2 heterocycles. The van der Waals surface area contributed by atoms with E-state index in [-0.39, 0.29) is 18.1 Å². The average Bonchev–Trinajstić information content (AvgIpc) is 3.05. The zero-order valence-electron chi connectivity index (χ0n) is 15.3. The highest BCUT2D eigenvalue weighted by Crippen LogP contribution is 2.34. The fraction of sp³-hybridized carbons (Fsp3) is 0.350. The van der Waals surface area contributed by atoms with Gasteiger partial charge in [0.25, 0.3) is 5.56 Å². The lowest BCUT2D eigenvalue weighted by Gasteiger charge is -2.11. The van der Waals surface area contributed by atoms with E-state index in [2.05, 4.69) is 9.97 Å². The number of aromatic amines is 1. The number of nitrogens with one attached hydrogen (secondary N) is 1. The van der Waals surface area contributed by atoms with E-state index in [9.17, 15) is 9.59 Å². The van der Waals surface area contributed by atoms with Gasteiger partial charge in [-0.2, -0.15) is 0 Å². The van der Waals surface area contributed by atoms with E-state index >= 15 is 0 Å². The number of carbonyl (C=O) groups is 1. The number of ether oxygens (including phenoxy) is 1. The molecule has 0 spiro atoms. The minimum absolute atomic E-state index is 0.115. The second kappa shape index (κ2) is 8.27. The van der Waals surface area contributed by atoms with Crippen LogP contribution in [0, 0.1) is 0 Å². The van der Waals surface area contributed by atoms with Crippen LogP contribution in [0.4, 0.5) is 0 Å². The largest absolute Gasteiger partial charge is 0.460 e. The number of thiophene rings is 1. The van der Waals surface area contributed by atoms with Crippen molar-refractivity contribution in [2.24, 2.45) is 0 Å². The summed E-state index contributed by atoms with van der Waals surface area (Å²) in [7, 11) is 0. The molecule has 0 aliphatic heterocycles. The van der Waals surface area contributed by atoms with Gasteiger partial charge in [-0.15, -0.1) is 11.3 Å². The number of halogens is 1. The molecular formula is C20H19ClN2O3S2. The molecule has 3 aromatic rings. The van der Waals surface area contributed by atoms with Gasteiger partial charge in [-0.3, -0.25) is 9.59 Å². The van der Waals surface area contributed by atoms with Gasteiger partial charge in [0.2, 0.25) is 0 Å². The zero-order chi connectivity index (χ0) is 19.7. The second-order valence-corrected chi connectivity index (χ2v) is 9.54. The van der Waals surface area contributed by atoms with Gasteiger partial charge in [0.1, 0.15) is 16.7 Å². The number of aryl methyl sites for hydroxylation is 2. The van der Waals surface area contributed by atoms with E-state index in [0.29, 0.717) is 10.2 Å². The molecule has 1 atom stereocenters. The number of fused-ring (bicyclic) bond motifs is 3. The Kier molecular flexibility index (Phi) is 5.75. The molecule has 1 aromatic carbocycles. The van der Waals surface area contributed by atoms with Crippen molar-refractivity contribution in [1.82, 2.24) is 9.97 Å². The van der Waals surface area contributed by atoms with Gasteiger partial charge in [0, 0.05) is 15.5 Å². The van der Waals surface area contributed by atoms with Crippen LogP contribution in [0.2, 0.25) is 5.02 Å². The Morgan fingerprint density at radius 1 is 1.36 bits per heavy atom. The smallest absolute Gasteiger partial charge is 0.319 e. The van der Waals surface area contributed by atoms with E-state index in [1.165, 1.54) is 16.6 Å². The molecule has 0 bridgehead atoms. The van der Waals surface area contributed by atoms with Crippen LogP contribution >= 0.6 is 34.7 Å². The summed E-state index contributed by atoms with van der Waals surface area (Å²) in [6.45, 7) is 1.85. The molecular weight excluding hydrogens is 416 g/mol. The third-order valence-corrected chi connectivity index (χ3v) is 7.27. The van der Waals surface area contributed by atoms with Gasteiger partial charge in [-0.1, -0.05) is 41.6 Å². The monoisotopic (exact) mass is 434 g/mol. The molecule has 5 nitrogen and oxygen atoms in total. The minimum Gasteiger partial charge on any atom is -0.460 e. The van der Waals surface area contributed by atoms with E-state index < -0.39 is 5.25 Å². The summed E-state index contributed by atoms with van der Waals surface area (Å²) >= 11 is 8.88. The van der Waals surface area contributed by atoms with Crippen LogP contribution in [0.25, 0.3) is 10.2 Å². The second-order valence-electron chi connectivity index (χ2n) is 6.72. The van der Waals surface area contributed by atoms with Crippen LogP contribution in [-0.2, 0) is 29.0 Å². The van der Waals surface area contributed by atoms with Crippen LogP contribution < -0.4 is 5.56 Å². The van der Waals surface area contributed by atoms with Crippen molar-refractivity contribution in [3.05, 3.63) is 55.6 Å². The summed E-state index contributed by atoms with van der Waals surface area (Å²) < 4.78 is 5.37. The molecule has 2 aromatic heterocycles. The third-order valence-electron chi connectivity index (χ3n) is 4.75. The molecule has 4 rings (SSSR count). The SMILES string of the molecule is CC(Sc1nc2sc3c(c2c(=O)[nH]1)CCCC3)C(=O)OCc1ccccc1Cl. The van der Waals surface area contributed by atoms with Crippen LogP contribution in [0.1, 0.15) is 35.8 Å². The van der Waals surface area contributed by atoms with Crippen LogP contribution in [-0.4, -0.2) is 21.2 Å². The van der Waals surface area contributed by atoms with Crippen molar-refractivity contribution in [2.75, 3.05) is 0 Å². The first-order chi connectivity index (χ1) is 13.5. The number of carbonyl (C=O) groups excluding carboxylic acids is 1. The molecule has 1 aliphatic carbocycles. The van der Waals surface area contributed by atoms with E-state index in [0.717, 1.165) is 47.0 Å². The minimum atomic E-state index is -0.502. The highest BCUT2D eigenvalue weighted by molar-refractivity contribution is 8.00. The number of benzene rings is 1. The molecule has 28 heavy (non-hydrogen) atoms. The Bertz CT molecular complexity index is 1090. The Morgan fingerprint density at radius 3 is 2.96 bits per heavy atom. The maximum Gasteiger partial charge on any atom is 0.319 e. The number of hydrogen-bond donors (Lipinski definition) is 1. The summed E-state index contributed by atoms with van der Waals surface area (Å²) in [5.74, 6) is -0.377. The predicted molar refractivity (Wildman–Crippen MR) is 113 cm³/mol. The first-order valence-corrected chi connectivity index (χ1v) is 11.2. The number of hydrogen-bond acceptors (Lipinski definition) is 6. The van der Waals surface area contributed by atoms with Gasteiger partial charge >= 0.3 is 5.97 Å². The fourth-order valence-electron chi connectivity index (χ4n) is 3.30. The quantitative estimate of drug-likeness (QED) is 0.356. The maximum absolute atomic E-state index is 12.6. The molecule has 0 saturated heterocycles. The summed E-state index contributed by atoms with van der Waals surface area (Å²) in [6, 6.07) is 7.25. The topological polar surface area (TPSA) is 72.0 Å². The Hall–Kier alpha value is -1.83. The molecule has 0 radical (unpaired) electrons. The van der Waals surface area contributed by atoms with Crippen LogP contribution in [0.3, 0.4) is 0 Å². The molecule has 0 fully saturated rings. The summed E-state index contributed by atoms with van der Waals surface area (Å²) in [6.07, 6.45) is 4.23. The molecule has 8 heteroatoms. The highest BCUT2D eigenvalue weighted by atomic mass is 35.5. The van der Waals surface area contributed by atoms with Crippen molar-refractivity contribution < 1.29 is 9.53 Å². The Labute approximate surface area is 175 Å². The van der Waals surface area contributed by atoms with E-state index in [1.807, 2.05) is 18.2 Å². The molecule has 1 unspecified atom stereocenters. The third kappa shape index (κ3) is 3.97. The van der Waals surface area contributed by atoms with E-state index in [4.69, 9.17) is 16.3 Å².